The minimum absolute atomic E-state index is 0.255. The summed E-state index contributed by atoms with van der Waals surface area (Å²) >= 11 is 0. The fourth-order valence-corrected chi connectivity index (χ4v) is 1.81. The number of amides is 1. The number of carbonyl (C=O) groups excluding carboxylic acids is 1. The topological polar surface area (TPSA) is 29.5 Å². The van der Waals surface area contributed by atoms with Crippen molar-refractivity contribution in [3.63, 3.8) is 0 Å². The Balaban J connectivity index is 2.48. The summed E-state index contributed by atoms with van der Waals surface area (Å²) in [6, 6.07) is 0. The summed E-state index contributed by atoms with van der Waals surface area (Å²) in [7, 11) is -1.34. The lowest BCUT2D eigenvalue weighted by molar-refractivity contribution is 0.122. The Morgan fingerprint density at radius 2 is 2.35 bits per heavy atom. The van der Waals surface area contributed by atoms with E-state index in [9.17, 15) is 4.79 Å². The molecule has 0 aromatic rings. The van der Waals surface area contributed by atoms with Crippen LogP contribution in [0.1, 0.15) is 0 Å². The van der Waals surface area contributed by atoms with Crippen LogP contribution in [0.4, 0.5) is 4.79 Å². The highest BCUT2D eigenvalue weighted by Gasteiger charge is 2.19. The third kappa shape index (κ3) is 4.92. The van der Waals surface area contributed by atoms with Crippen molar-refractivity contribution < 1.29 is 9.53 Å². The Bertz CT molecular complexity index is 396. The van der Waals surface area contributed by atoms with Gasteiger partial charge in [0.2, 0.25) is 0 Å². The van der Waals surface area contributed by atoms with Crippen molar-refractivity contribution in [1.29, 1.82) is 0 Å². The molecule has 1 amide bonds. The Morgan fingerprint density at radius 3 is 2.94 bits per heavy atom. The Hall–Kier alpha value is -1.47. The van der Waals surface area contributed by atoms with Crippen molar-refractivity contribution in [1.82, 2.24) is 4.90 Å². The van der Waals surface area contributed by atoms with Gasteiger partial charge >= 0.3 is 6.09 Å². The SMILES string of the molecule is C=CCOC(=O)N1CC=C(C#C[Si](C)(C)C)C1. The van der Waals surface area contributed by atoms with E-state index in [1.165, 1.54) is 0 Å². The minimum atomic E-state index is -1.34. The molecule has 0 atom stereocenters. The number of hydrogen-bond donors (Lipinski definition) is 0. The van der Waals surface area contributed by atoms with E-state index in [2.05, 4.69) is 37.7 Å². The van der Waals surface area contributed by atoms with Gasteiger partial charge in [-0.05, 0) is 0 Å². The van der Waals surface area contributed by atoms with Crippen LogP contribution in [-0.2, 0) is 4.74 Å². The molecule has 17 heavy (non-hydrogen) atoms. The van der Waals surface area contributed by atoms with E-state index in [4.69, 9.17) is 4.74 Å². The summed E-state index contributed by atoms with van der Waals surface area (Å²) < 4.78 is 4.96. The zero-order valence-corrected chi connectivity index (χ0v) is 11.7. The van der Waals surface area contributed by atoms with Crippen LogP contribution < -0.4 is 0 Å². The average Bonchev–Trinajstić information content (AvgIpc) is 2.70. The normalized spacial score (nSPS) is 14.8. The van der Waals surface area contributed by atoms with Gasteiger partial charge < -0.3 is 4.74 Å². The van der Waals surface area contributed by atoms with Gasteiger partial charge in [0.1, 0.15) is 14.7 Å². The quantitative estimate of drug-likeness (QED) is 0.427. The first-order chi connectivity index (χ1) is 7.92. The van der Waals surface area contributed by atoms with Gasteiger partial charge in [0, 0.05) is 12.1 Å². The molecular weight excluding hydrogens is 230 g/mol. The van der Waals surface area contributed by atoms with Gasteiger partial charge in [0.25, 0.3) is 0 Å². The molecule has 1 aliphatic heterocycles. The number of carbonyl (C=O) groups is 1. The molecule has 0 bridgehead atoms. The summed E-state index contributed by atoms with van der Waals surface area (Å²) in [5, 5.41) is 0. The average molecular weight is 249 g/mol. The van der Waals surface area contributed by atoms with Crippen molar-refractivity contribution >= 4 is 14.2 Å². The smallest absolute Gasteiger partial charge is 0.410 e. The second-order valence-corrected chi connectivity index (χ2v) is 9.73. The molecule has 0 aromatic heterocycles. The number of ether oxygens (including phenoxy) is 1. The fraction of sp³-hybridized carbons (Fsp3) is 0.462. The zero-order chi connectivity index (χ0) is 12.9. The Morgan fingerprint density at radius 1 is 1.65 bits per heavy atom. The van der Waals surface area contributed by atoms with E-state index >= 15 is 0 Å². The minimum Gasteiger partial charge on any atom is -0.445 e. The molecule has 0 fully saturated rings. The molecule has 0 unspecified atom stereocenters. The van der Waals surface area contributed by atoms with Gasteiger partial charge in [0.15, 0.2) is 0 Å². The Labute approximate surface area is 104 Å². The highest BCUT2D eigenvalue weighted by molar-refractivity contribution is 6.83. The van der Waals surface area contributed by atoms with E-state index in [-0.39, 0.29) is 12.7 Å². The number of hydrogen-bond acceptors (Lipinski definition) is 2. The van der Waals surface area contributed by atoms with Crippen molar-refractivity contribution in [2.24, 2.45) is 0 Å². The van der Waals surface area contributed by atoms with Crippen LogP contribution >= 0.6 is 0 Å². The summed E-state index contributed by atoms with van der Waals surface area (Å²) in [5.74, 6) is 3.17. The first-order valence-corrected chi connectivity index (χ1v) is 9.17. The van der Waals surface area contributed by atoms with Crippen molar-refractivity contribution in [3.05, 3.63) is 24.3 Å². The van der Waals surface area contributed by atoms with Crippen LogP contribution in [0.15, 0.2) is 24.3 Å². The predicted octanol–water partition coefficient (Wildman–Crippen LogP) is 2.43. The zero-order valence-electron chi connectivity index (χ0n) is 10.7. The van der Waals surface area contributed by atoms with Crippen LogP contribution in [0.3, 0.4) is 0 Å². The van der Waals surface area contributed by atoms with E-state index < -0.39 is 8.07 Å². The highest BCUT2D eigenvalue weighted by Crippen LogP contribution is 2.10. The molecule has 3 nitrogen and oxygen atoms in total. The molecule has 4 heteroatoms. The Kier molecular flexibility index (Phi) is 4.59. The second-order valence-electron chi connectivity index (χ2n) is 4.98. The highest BCUT2D eigenvalue weighted by atomic mass is 28.3. The maximum absolute atomic E-state index is 11.5. The van der Waals surface area contributed by atoms with Crippen LogP contribution in [0.2, 0.25) is 19.6 Å². The third-order valence-corrected chi connectivity index (χ3v) is 2.98. The van der Waals surface area contributed by atoms with E-state index in [1.54, 1.807) is 11.0 Å². The van der Waals surface area contributed by atoms with Gasteiger partial charge in [-0.15, -0.1) is 5.54 Å². The first kappa shape index (κ1) is 13.6. The molecule has 0 aliphatic carbocycles. The van der Waals surface area contributed by atoms with Crippen molar-refractivity contribution in [2.75, 3.05) is 19.7 Å². The summed E-state index contributed by atoms with van der Waals surface area (Å²) in [5.41, 5.74) is 4.31. The molecule has 0 aromatic carbocycles. The van der Waals surface area contributed by atoms with Gasteiger partial charge in [0.05, 0.1) is 6.54 Å². The third-order valence-electron chi connectivity index (χ3n) is 2.10. The summed E-state index contributed by atoms with van der Waals surface area (Å²) in [6.07, 6.45) is 3.25. The molecule has 92 valence electrons. The maximum Gasteiger partial charge on any atom is 0.410 e. The van der Waals surface area contributed by atoms with Crippen molar-refractivity contribution in [2.45, 2.75) is 19.6 Å². The molecular formula is C13H19NO2Si. The van der Waals surface area contributed by atoms with Gasteiger partial charge in [-0.2, -0.15) is 0 Å². The lowest BCUT2D eigenvalue weighted by atomic mass is 10.3. The van der Waals surface area contributed by atoms with Crippen LogP contribution in [-0.4, -0.2) is 38.8 Å². The van der Waals surface area contributed by atoms with Gasteiger partial charge in [-0.25, -0.2) is 4.79 Å². The summed E-state index contributed by atoms with van der Waals surface area (Å²) in [6.45, 7) is 11.5. The van der Waals surface area contributed by atoms with Crippen LogP contribution in [0.5, 0.6) is 0 Å². The van der Waals surface area contributed by atoms with Crippen LogP contribution in [0.25, 0.3) is 0 Å². The lowest BCUT2D eigenvalue weighted by Gasteiger charge is -2.14. The molecule has 0 saturated carbocycles. The molecule has 0 spiro atoms. The molecule has 0 saturated heterocycles. The summed E-state index contributed by atoms with van der Waals surface area (Å²) in [4.78, 5) is 13.2. The van der Waals surface area contributed by atoms with Crippen molar-refractivity contribution in [3.8, 4) is 11.5 Å². The van der Waals surface area contributed by atoms with Gasteiger partial charge in [-0.3, -0.25) is 4.90 Å². The van der Waals surface area contributed by atoms with Crippen LogP contribution in [0, 0.1) is 11.5 Å². The van der Waals surface area contributed by atoms with E-state index in [1.807, 2.05) is 6.08 Å². The molecule has 1 heterocycles. The molecule has 0 N–H and O–H groups in total. The lowest BCUT2D eigenvalue weighted by Crippen LogP contribution is -2.29. The molecule has 1 rings (SSSR count). The second kappa shape index (κ2) is 5.74. The molecule has 1 aliphatic rings. The van der Waals surface area contributed by atoms with Gasteiger partial charge in [-0.1, -0.05) is 44.3 Å². The predicted molar refractivity (Wildman–Crippen MR) is 72.3 cm³/mol. The fourth-order valence-electron chi connectivity index (χ4n) is 1.27. The largest absolute Gasteiger partial charge is 0.445 e. The standard InChI is InChI=1S/C13H19NO2Si/c1-5-9-16-13(15)14-8-6-12(11-14)7-10-17(2,3)4/h5-6H,1,8-9,11H2,2-4H3. The number of nitrogens with zero attached hydrogens (tertiary/aromatic N) is 1. The first-order valence-electron chi connectivity index (χ1n) is 5.67. The maximum atomic E-state index is 11.5. The van der Waals surface area contributed by atoms with E-state index in [0.29, 0.717) is 13.1 Å². The monoisotopic (exact) mass is 249 g/mol. The van der Waals surface area contributed by atoms with E-state index in [0.717, 1.165) is 5.57 Å². The molecule has 0 radical (unpaired) electrons. The number of rotatable bonds is 2.